The summed E-state index contributed by atoms with van der Waals surface area (Å²) in [6.07, 6.45) is 1.67. The van der Waals surface area contributed by atoms with Crippen LogP contribution in [0.15, 0.2) is 52.0 Å². The zero-order valence-electron chi connectivity index (χ0n) is 14.7. The van der Waals surface area contributed by atoms with E-state index in [9.17, 15) is 4.39 Å². The van der Waals surface area contributed by atoms with Crippen LogP contribution in [0, 0.1) is 5.82 Å². The lowest BCUT2D eigenvalue weighted by Gasteiger charge is -2.36. The minimum Gasteiger partial charge on any atom is -0.375 e. The molecule has 1 fully saturated rings. The van der Waals surface area contributed by atoms with Gasteiger partial charge in [-0.05, 0) is 63.5 Å². The molecule has 1 saturated heterocycles. The molecule has 142 valence electrons. The molecule has 27 heavy (non-hydrogen) atoms. The van der Waals surface area contributed by atoms with Crippen molar-refractivity contribution in [1.29, 1.82) is 0 Å². The van der Waals surface area contributed by atoms with Crippen molar-refractivity contribution < 1.29 is 4.39 Å². The van der Waals surface area contributed by atoms with Crippen LogP contribution in [0.5, 0.6) is 0 Å². The highest BCUT2D eigenvalue weighted by Gasteiger charge is 2.19. The average molecular weight is 450 g/mol. The molecule has 8 heteroatoms. The fourth-order valence-electron chi connectivity index (χ4n) is 3.03. The first kappa shape index (κ1) is 19.7. The van der Waals surface area contributed by atoms with Crippen LogP contribution < -0.4 is 16.1 Å². The Morgan fingerprint density at radius 3 is 2.52 bits per heavy atom. The molecule has 1 aliphatic rings. The van der Waals surface area contributed by atoms with Gasteiger partial charge in [0, 0.05) is 37.2 Å². The van der Waals surface area contributed by atoms with E-state index in [-0.39, 0.29) is 10.9 Å². The third kappa shape index (κ3) is 5.72. The molecule has 0 saturated carbocycles. The second-order valence-electron chi connectivity index (χ2n) is 6.33. The van der Waals surface area contributed by atoms with Gasteiger partial charge in [0.25, 0.3) is 0 Å². The Kier molecular flexibility index (Phi) is 6.76. The van der Waals surface area contributed by atoms with E-state index in [0.717, 1.165) is 54.0 Å². The molecule has 0 amide bonds. The van der Waals surface area contributed by atoms with Crippen LogP contribution in [-0.4, -0.2) is 42.4 Å². The Bertz CT molecular complexity index is 819. The van der Waals surface area contributed by atoms with Crippen LogP contribution in [0.2, 0.25) is 0 Å². The van der Waals surface area contributed by atoms with Crippen molar-refractivity contribution in [3.63, 3.8) is 0 Å². The summed E-state index contributed by atoms with van der Waals surface area (Å²) in [5.74, 6) is -0.191. The summed E-state index contributed by atoms with van der Waals surface area (Å²) in [6, 6.07) is 12.9. The lowest BCUT2D eigenvalue weighted by molar-refractivity contribution is 0.249. The maximum atomic E-state index is 13.0. The molecule has 0 bridgehead atoms. The minimum atomic E-state index is -0.191. The van der Waals surface area contributed by atoms with Gasteiger partial charge in [0.15, 0.2) is 5.11 Å². The van der Waals surface area contributed by atoms with Gasteiger partial charge in [0.05, 0.1) is 11.9 Å². The van der Waals surface area contributed by atoms with Gasteiger partial charge in [-0.15, -0.1) is 0 Å². The number of rotatable bonds is 5. The molecule has 0 radical (unpaired) electrons. The second-order valence-corrected chi connectivity index (χ2v) is 7.63. The second kappa shape index (κ2) is 9.25. The van der Waals surface area contributed by atoms with Gasteiger partial charge in [0.2, 0.25) is 0 Å². The van der Waals surface area contributed by atoms with E-state index in [1.54, 1.807) is 6.21 Å². The number of halogens is 2. The average Bonchev–Trinajstić information content (AvgIpc) is 2.64. The minimum absolute atomic E-state index is 0.139. The predicted octanol–water partition coefficient (Wildman–Crippen LogP) is 3.08. The molecule has 0 atom stereocenters. The first-order chi connectivity index (χ1) is 13.0. The summed E-state index contributed by atoms with van der Waals surface area (Å²) in [7, 11) is 0. The molecule has 5 nitrogen and oxygen atoms in total. The molecule has 2 aromatic rings. The standard InChI is InChI=1S/C19H21BrFN5S/c20-17-11-15(12-23-24-19(22)27)3-6-18(17)26-9-7-25(8-10-26)13-14-1-4-16(21)5-2-14/h1-6,11-12H,7-10,13H2,(H3,22,24,27)/b23-12+. The van der Waals surface area contributed by atoms with Crippen molar-refractivity contribution in [2.75, 3.05) is 31.1 Å². The molecule has 1 heterocycles. The number of benzene rings is 2. The normalized spacial score (nSPS) is 15.3. The Hall–Kier alpha value is -2.03. The maximum absolute atomic E-state index is 13.0. The molecular weight excluding hydrogens is 429 g/mol. The zero-order valence-corrected chi connectivity index (χ0v) is 17.1. The topological polar surface area (TPSA) is 56.9 Å². The molecular formula is C19H21BrFN5S. The first-order valence-corrected chi connectivity index (χ1v) is 9.81. The van der Waals surface area contributed by atoms with Crippen molar-refractivity contribution in [3.8, 4) is 0 Å². The predicted molar refractivity (Wildman–Crippen MR) is 116 cm³/mol. The quantitative estimate of drug-likeness (QED) is 0.417. The lowest BCUT2D eigenvalue weighted by atomic mass is 10.1. The smallest absolute Gasteiger partial charge is 0.184 e. The Morgan fingerprint density at radius 1 is 1.19 bits per heavy atom. The van der Waals surface area contributed by atoms with E-state index < -0.39 is 0 Å². The van der Waals surface area contributed by atoms with Crippen molar-refractivity contribution >= 4 is 45.2 Å². The fourth-order valence-corrected chi connectivity index (χ4v) is 3.73. The third-order valence-electron chi connectivity index (χ3n) is 4.39. The first-order valence-electron chi connectivity index (χ1n) is 8.61. The van der Waals surface area contributed by atoms with E-state index in [4.69, 9.17) is 18.0 Å². The molecule has 0 aliphatic carbocycles. The number of hydrazone groups is 1. The van der Waals surface area contributed by atoms with Crippen LogP contribution in [0.25, 0.3) is 0 Å². The van der Waals surface area contributed by atoms with Crippen LogP contribution in [0.1, 0.15) is 11.1 Å². The summed E-state index contributed by atoms with van der Waals surface area (Å²) < 4.78 is 14.0. The zero-order chi connectivity index (χ0) is 19.2. The maximum Gasteiger partial charge on any atom is 0.184 e. The highest BCUT2D eigenvalue weighted by molar-refractivity contribution is 9.10. The van der Waals surface area contributed by atoms with E-state index in [1.165, 1.54) is 12.1 Å². The number of hydrogen-bond acceptors (Lipinski definition) is 4. The van der Waals surface area contributed by atoms with Gasteiger partial charge in [-0.25, -0.2) is 4.39 Å². The van der Waals surface area contributed by atoms with Crippen LogP contribution in [0.3, 0.4) is 0 Å². The summed E-state index contributed by atoms with van der Waals surface area (Å²) in [4.78, 5) is 4.75. The number of hydrogen-bond donors (Lipinski definition) is 2. The number of nitrogens with one attached hydrogen (secondary N) is 1. The van der Waals surface area contributed by atoms with Crippen molar-refractivity contribution in [1.82, 2.24) is 10.3 Å². The number of thiocarbonyl (C=S) groups is 1. The Labute approximate surface area is 172 Å². The summed E-state index contributed by atoms with van der Waals surface area (Å²) in [5.41, 5.74) is 11.1. The van der Waals surface area contributed by atoms with Crippen LogP contribution >= 0.6 is 28.1 Å². The van der Waals surface area contributed by atoms with Crippen molar-refractivity contribution in [2.24, 2.45) is 10.8 Å². The van der Waals surface area contributed by atoms with Gasteiger partial charge in [-0.1, -0.05) is 18.2 Å². The highest BCUT2D eigenvalue weighted by Crippen LogP contribution is 2.28. The lowest BCUT2D eigenvalue weighted by Crippen LogP contribution is -2.46. The largest absolute Gasteiger partial charge is 0.375 e. The van der Waals surface area contributed by atoms with Gasteiger partial charge in [0.1, 0.15) is 5.82 Å². The number of piperazine rings is 1. The van der Waals surface area contributed by atoms with Crippen LogP contribution in [-0.2, 0) is 6.54 Å². The summed E-state index contributed by atoms with van der Waals surface area (Å²) in [6.45, 7) is 4.66. The number of anilines is 1. The van der Waals surface area contributed by atoms with Gasteiger partial charge < -0.3 is 10.6 Å². The van der Waals surface area contributed by atoms with E-state index in [2.05, 4.69) is 42.3 Å². The van der Waals surface area contributed by atoms with E-state index >= 15 is 0 Å². The highest BCUT2D eigenvalue weighted by atomic mass is 79.9. The van der Waals surface area contributed by atoms with Gasteiger partial charge in [-0.2, -0.15) is 5.10 Å². The molecule has 3 rings (SSSR count). The molecule has 1 aliphatic heterocycles. The summed E-state index contributed by atoms with van der Waals surface area (Å²) in [5, 5.41) is 4.11. The number of nitrogens with two attached hydrogens (primary N) is 1. The molecule has 3 N–H and O–H groups in total. The Balaban J connectivity index is 1.56. The number of nitrogens with zero attached hydrogens (tertiary/aromatic N) is 3. The SMILES string of the molecule is NC(=S)N/N=C/c1ccc(N2CCN(Cc3ccc(F)cc3)CC2)c(Br)c1. The van der Waals surface area contributed by atoms with Crippen molar-refractivity contribution in [2.45, 2.75) is 6.54 Å². The fraction of sp³-hybridized carbons (Fsp3) is 0.263. The van der Waals surface area contributed by atoms with Gasteiger partial charge >= 0.3 is 0 Å². The summed E-state index contributed by atoms with van der Waals surface area (Å²) >= 11 is 8.37. The molecule has 2 aromatic carbocycles. The molecule has 0 aromatic heterocycles. The third-order valence-corrected chi connectivity index (χ3v) is 5.12. The monoisotopic (exact) mass is 449 g/mol. The van der Waals surface area contributed by atoms with Crippen LogP contribution in [0.4, 0.5) is 10.1 Å². The molecule has 0 spiro atoms. The Morgan fingerprint density at radius 2 is 1.89 bits per heavy atom. The van der Waals surface area contributed by atoms with E-state index in [1.807, 2.05) is 24.3 Å². The van der Waals surface area contributed by atoms with Crippen molar-refractivity contribution in [3.05, 3.63) is 63.9 Å². The van der Waals surface area contributed by atoms with Gasteiger partial charge in [-0.3, -0.25) is 10.3 Å². The molecule has 0 unspecified atom stereocenters. The van der Waals surface area contributed by atoms with E-state index in [0.29, 0.717) is 0 Å².